The summed E-state index contributed by atoms with van der Waals surface area (Å²) in [5.74, 6) is 0.843. The highest BCUT2D eigenvalue weighted by Crippen LogP contribution is 2.19. The van der Waals surface area contributed by atoms with Crippen LogP contribution in [0, 0.1) is 0 Å². The first-order valence-corrected chi connectivity index (χ1v) is 7.16. The molecule has 0 bridgehead atoms. The molecule has 2 aromatic rings. The predicted octanol–water partition coefficient (Wildman–Crippen LogP) is 2.00. The Bertz CT molecular complexity index is 694. The Morgan fingerprint density at radius 2 is 2.18 bits per heavy atom. The van der Waals surface area contributed by atoms with Crippen LogP contribution in [0.1, 0.15) is 30.0 Å². The largest absolute Gasteiger partial charge is 0.445 e. The second-order valence-electron chi connectivity index (χ2n) is 5.34. The van der Waals surface area contributed by atoms with Gasteiger partial charge >= 0.3 is 6.09 Å². The molecule has 1 unspecified atom stereocenters. The van der Waals surface area contributed by atoms with Gasteiger partial charge in [-0.3, -0.25) is 4.79 Å². The molecule has 0 radical (unpaired) electrons. The highest BCUT2D eigenvalue weighted by molar-refractivity contribution is 5.83. The predicted molar refractivity (Wildman–Crippen MR) is 79.1 cm³/mol. The van der Waals surface area contributed by atoms with E-state index >= 15 is 0 Å². The van der Waals surface area contributed by atoms with Crippen LogP contribution in [0.25, 0.3) is 0 Å². The molecule has 0 spiro atoms. The van der Waals surface area contributed by atoms with Crippen molar-refractivity contribution in [2.75, 3.05) is 0 Å². The Kier molecular flexibility index (Phi) is 3.91. The molecule has 6 nitrogen and oxygen atoms in total. The molecule has 0 fully saturated rings. The average Bonchev–Trinajstić information content (AvgIpc) is 3.05. The van der Waals surface area contributed by atoms with Gasteiger partial charge in [0.25, 0.3) is 0 Å². The van der Waals surface area contributed by atoms with E-state index in [4.69, 9.17) is 4.74 Å². The monoisotopic (exact) mass is 299 g/mol. The van der Waals surface area contributed by atoms with Gasteiger partial charge in [0.1, 0.15) is 12.4 Å². The molecule has 114 valence electrons. The first-order chi connectivity index (χ1) is 10.6. The normalized spacial score (nSPS) is 14.5. The van der Waals surface area contributed by atoms with E-state index in [-0.39, 0.29) is 18.4 Å². The summed E-state index contributed by atoms with van der Waals surface area (Å²) in [6.07, 6.45) is 1.60. The van der Waals surface area contributed by atoms with E-state index in [0.717, 1.165) is 11.3 Å². The van der Waals surface area contributed by atoms with Crippen molar-refractivity contribution in [3.05, 3.63) is 53.6 Å². The number of imidazole rings is 1. The van der Waals surface area contributed by atoms with Gasteiger partial charge in [-0.1, -0.05) is 30.3 Å². The molecule has 1 atom stereocenters. The van der Waals surface area contributed by atoms with Crippen molar-refractivity contribution in [3.8, 4) is 0 Å². The van der Waals surface area contributed by atoms with Crippen molar-refractivity contribution >= 4 is 11.9 Å². The third kappa shape index (κ3) is 3.00. The van der Waals surface area contributed by atoms with Gasteiger partial charge in [-0.2, -0.15) is 0 Å². The second kappa shape index (κ2) is 6.01. The Balaban J connectivity index is 1.57. The van der Waals surface area contributed by atoms with Crippen LogP contribution in [-0.2, 0) is 29.1 Å². The second-order valence-corrected chi connectivity index (χ2v) is 5.34. The smallest absolute Gasteiger partial charge is 0.408 e. The van der Waals surface area contributed by atoms with Crippen molar-refractivity contribution < 1.29 is 14.3 Å². The SMILES string of the molecule is CC(NC(=O)OCc1ccccc1)c1ncc2n1CC(=O)C2. The quantitative estimate of drug-likeness (QED) is 0.937. The summed E-state index contributed by atoms with van der Waals surface area (Å²) in [6, 6.07) is 9.16. The van der Waals surface area contributed by atoms with Gasteiger partial charge < -0.3 is 14.6 Å². The topological polar surface area (TPSA) is 73.2 Å². The third-order valence-corrected chi connectivity index (χ3v) is 3.62. The molecule has 0 saturated heterocycles. The van der Waals surface area contributed by atoms with Gasteiger partial charge in [-0.25, -0.2) is 9.78 Å². The number of ether oxygens (including phenoxy) is 1. The molecule has 1 N–H and O–H groups in total. The third-order valence-electron chi connectivity index (χ3n) is 3.62. The molecule has 1 aromatic carbocycles. The molecular weight excluding hydrogens is 282 g/mol. The molecule has 1 aliphatic rings. The van der Waals surface area contributed by atoms with Gasteiger partial charge in [-0.05, 0) is 12.5 Å². The number of aromatic nitrogens is 2. The van der Waals surface area contributed by atoms with Crippen LogP contribution in [0.15, 0.2) is 36.5 Å². The fraction of sp³-hybridized carbons (Fsp3) is 0.312. The molecule has 0 saturated carbocycles. The van der Waals surface area contributed by atoms with Crippen LogP contribution in [0.5, 0.6) is 0 Å². The highest BCUT2D eigenvalue weighted by atomic mass is 16.5. The molecule has 6 heteroatoms. The van der Waals surface area contributed by atoms with E-state index in [1.807, 2.05) is 41.8 Å². The maximum Gasteiger partial charge on any atom is 0.408 e. The number of carbonyl (C=O) groups is 2. The summed E-state index contributed by atoms with van der Waals surface area (Å²) in [5.41, 5.74) is 1.82. The van der Waals surface area contributed by atoms with Gasteiger partial charge in [0.05, 0.1) is 19.0 Å². The number of nitrogens with zero attached hydrogens (tertiary/aromatic N) is 2. The van der Waals surface area contributed by atoms with Crippen molar-refractivity contribution in [2.24, 2.45) is 0 Å². The number of benzene rings is 1. The Labute approximate surface area is 128 Å². The van der Waals surface area contributed by atoms with Crippen LogP contribution < -0.4 is 5.32 Å². The number of fused-ring (bicyclic) bond motifs is 1. The Hall–Kier alpha value is -2.63. The minimum Gasteiger partial charge on any atom is -0.445 e. The van der Waals surface area contributed by atoms with Crippen LogP contribution in [0.2, 0.25) is 0 Å². The van der Waals surface area contributed by atoms with E-state index in [9.17, 15) is 9.59 Å². The molecule has 22 heavy (non-hydrogen) atoms. The molecule has 1 aliphatic heterocycles. The van der Waals surface area contributed by atoms with Crippen molar-refractivity contribution in [1.82, 2.24) is 14.9 Å². The molecule has 0 aliphatic carbocycles. The van der Waals surface area contributed by atoms with E-state index in [1.54, 1.807) is 6.20 Å². The van der Waals surface area contributed by atoms with Crippen molar-refractivity contribution in [1.29, 1.82) is 0 Å². The Morgan fingerprint density at radius 3 is 2.95 bits per heavy atom. The standard InChI is InChI=1S/C16H17N3O3/c1-11(15-17-8-13-7-14(20)9-19(13)15)18-16(21)22-10-12-5-3-2-4-6-12/h2-6,8,11H,7,9-10H2,1H3,(H,18,21). The van der Waals surface area contributed by atoms with Crippen molar-refractivity contribution in [3.63, 3.8) is 0 Å². The molecule has 1 aromatic heterocycles. The molecule has 2 heterocycles. The number of hydrogen-bond donors (Lipinski definition) is 1. The maximum atomic E-state index is 11.8. The number of ketones is 1. The van der Waals surface area contributed by atoms with E-state index < -0.39 is 6.09 Å². The lowest BCUT2D eigenvalue weighted by Crippen LogP contribution is -2.29. The average molecular weight is 299 g/mol. The lowest BCUT2D eigenvalue weighted by molar-refractivity contribution is -0.117. The summed E-state index contributed by atoms with van der Waals surface area (Å²) in [5, 5.41) is 2.74. The number of carbonyl (C=O) groups excluding carboxylic acids is 2. The summed E-state index contributed by atoms with van der Waals surface area (Å²) in [7, 11) is 0. The molecule has 3 rings (SSSR count). The number of rotatable bonds is 4. The fourth-order valence-corrected chi connectivity index (χ4v) is 2.54. The zero-order chi connectivity index (χ0) is 15.5. The van der Waals surface area contributed by atoms with Gasteiger partial charge in [-0.15, -0.1) is 0 Å². The first kappa shape index (κ1) is 14.3. The minimum absolute atomic E-state index is 0.164. The van der Waals surface area contributed by atoms with Crippen LogP contribution >= 0.6 is 0 Å². The van der Waals surface area contributed by atoms with Crippen molar-refractivity contribution in [2.45, 2.75) is 32.5 Å². The summed E-state index contributed by atoms with van der Waals surface area (Å²) in [4.78, 5) is 27.6. The number of Topliss-reactive ketones (excluding diaryl/α,β-unsaturated/α-hetero) is 1. The lowest BCUT2D eigenvalue weighted by Gasteiger charge is -2.14. The van der Waals surface area contributed by atoms with E-state index in [2.05, 4.69) is 10.3 Å². The van der Waals surface area contributed by atoms with Crippen LogP contribution in [0.3, 0.4) is 0 Å². The van der Waals surface area contributed by atoms with E-state index in [1.165, 1.54) is 0 Å². The van der Waals surface area contributed by atoms with Gasteiger partial charge in [0, 0.05) is 11.9 Å². The van der Waals surface area contributed by atoms with E-state index in [0.29, 0.717) is 18.8 Å². The Morgan fingerprint density at radius 1 is 1.41 bits per heavy atom. The minimum atomic E-state index is -0.502. The van der Waals surface area contributed by atoms with Gasteiger partial charge in [0.2, 0.25) is 0 Å². The summed E-state index contributed by atoms with van der Waals surface area (Å²) >= 11 is 0. The number of hydrogen-bond acceptors (Lipinski definition) is 4. The first-order valence-electron chi connectivity index (χ1n) is 7.16. The maximum absolute atomic E-state index is 11.8. The zero-order valence-corrected chi connectivity index (χ0v) is 12.3. The molecular formula is C16H17N3O3. The van der Waals surface area contributed by atoms with Crippen LogP contribution in [0.4, 0.5) is 4.79 Å². The highest BCUT2D eigenvalue weighted by Gasteiger charge is 2.25. The summed E-state index contributed by atoms with van der Waals surface area (Å²) < 4.78 is 7.03. The summed E-state index contributed by atoms with van der Waals surface area (Å²) in [6.45, 7) is 2.37. The lowest BCUT2D eigenvalue weighted by atomic mass is 10.2. The number of alkyl carbamates (subject to hydrolysis) is 1. The van der Waals surface area contributed by atoms with Crippen LogP contribution in [-0.4, -0.2) is 21.4 Å². The number of nitrogens with one attached hydrogen (secondary N) is 1. The number of amides is 1. The molecule has 1 amide bonds. The van der Waals surface area contributed by atoms with Gasteiger partial charge in [0.15, 0.2) is 5.78 Å². The fourth-order valence-electron chi connectivity index (χ4n) is 2.54. The zero-order valence-electron chi connectivity index (χ0n) is 12.3.